The predicted octanol–water partition coefficient (Wildman–Crippen LogP) is 3.91. The van der Waals surface area contributed by atoms with Gasteiger partial charge in [0.25, 0.3) is 0 Å². The van der Waals surface area contributed by atoms with Gasteiger partial charge < -0.3 is 9.84 Å². The standard InChI is InChI=1S/C14H12BrNO2/c1-18-14-5-3-2-4-12(14)16-9-10-8-11(15)6-7-13(10)17/h2-9,17H,1H3. The van der Waals surface area contributed by atoms with Gasteiger partial charge in [0.15, 0.2) is 0 Å². The van der Waals surface area contributed by atoms with Crippen molar-refractivity contribution in [1.29, 1.82) is 0 Å². The maximum Gasteiger partial charge on any atom is 0.144 e. The van der Waals surface area contributed by atoms with E-state index >= 15 is 0 Å². The minimum Gasteiger partial charge on any atom is -0.507 e. The van der Waals surface area contributed by atoms with Crippen LogP contribution >= 0.6 is 15.9 Å². The third kappa shape index (κ3) is 2.90. The highest BCUT2D eigenvalue weighted by molar-refractivity contribution is 9.10. The van der Waals surface area contributed by atoms with Gasteiger partial charge in [-0.3, -0.25) is 4.99 Å². The van der Waals surface area contributed by atoms with E-state index in [1.807, 2.05) is 24.3 Å². The van der Waals surface area contributed by atoms with E-state index in [2.05, 4.69) is 20.9 Å². The highest BCUT2D eigenvalue weighted by Crippen LogP contribution is 2.27. The SMILES string of the molecule is COc1ccccc1N=Cc1cc(Br)ccc1O. The number of methoxy groups -OCH3 is 1. The van der Waals surface area contributed by atoms with Gasteiger partial charge in [0, 0.05) is 16.3 Å². The quantitative estimate of drug-likeness (QED) is 0.873. The van der Waals surface area contributed by atoms with Gasteiger partial charge >= 0.3 is 0 Å². The number of benzene rings is 2. The molecule has 0 fully saturated rings. The van der Waals surface area contributed by atoms with Crippen molar-refractivity contribution in [2.75, 3.05) is 7.11 Å². The number of aromatic hydroxyl groups is 1. The molecule has 0 saturated heterocycles. The Morgan fingerprint density at radius 3 is 2.78 bits per heavy atom. The van der Waals surface area contributed by atoms with Crippen molar-refractivity contribution in [2.45, 2.75) is 0 Å². The second kappa shape index (κ2) is 5.69. The molecule has 0 aliphatic rings. The maximum absolute atomic E-state index is 9.70. The Hall–Kier alpha value is -1.81. The van der Waals surface area contributed by atoms with Crippen molar-refractivity contribution in [3.63, 3.8) is 0 Å². The molecule has 0 unspecified atom stereocenters. The summed E-state index contributed by atoms with van der Waals surface area (Å²) in [5.41, 5.74) is 1.37. The van der Waals surface area contributed by atoms with Crippen LogP contribution in [0.1, 0.15) is 5.56 Å². The Balaban J connectivity index is 2.33. The average molecular weight is 306 g/mol. The van der Waals surface area contributed by atoms with E-state index in [-0.39, 0.29) is 5.75 Å². The Morgan fingerprint density at radius 1 is 1.22 bits per heavy atom. The smallest absolute Gasteiger partial charge is 0.144 e. The topological polar surface area (TPSA) is 41.8 Å². The van der Waals surface area contributed by atoms with Crippen LogP contribution in [0.2, 0.25) is 0 Å². The van der Waals surface area contributed by atoms with Crippen LogP contribution in [0.15, 0.2) is 51.9 Å². The van der Waals surface area contributed by atoms with Crippen molar-refractivity contribution in [1.82, 2.24) is 0 Å². The van der Waals surface area contributed by atoms with Gasteiger partial charge in [0.2, 0.25) is 0 Å². The number of phenolic OH excluding ortho intramolecular Hbond substituents is 1. The molecule has 0 amide bonds. The fraction of sp³-hybridized carbons (Fsp3) is 0.0714. The van der Waals surface area contributed by atoms with E-state index in [1.165, 1.54) is 0 Å². The summed E-state index contributed by atoms with van der Waals surface area (Å²) in [5.74, 6) is 0.889. The van der Waals surface area contributed by atoms with Gasteiger partial charge in [-0.1, -0.05) is 28.1 Å². The molecule has 1 N–H and O–H groups in total. The summed E-state index contributed by atoms with van der Waals surface area (Å²) >= 11 is 3.35. The molecule has 3 nitrogen and oxygen atoms in total. The minimum absolute atomic E-state index is 0.192. The summed E-state index contributed by atoms with van der Waals surface area (Å²) in [6.07, 6.45) is 1.61. The summed E-state index contributed by atoms with van der Waals surface area (Å²) in [5, 5.41) is 9.70. The molecule has 0 heterocycles. The van der Waals surface area contributed by atoms with Crippen molar-refractivity contribution in [2.24, 2.45) is 4.99 Å². The van der Waals surface area contributed by atoms with E-state index in [4.69, 9.17) is 4.74 Å². The molecule has 0 aliphatic heterocycles. The van der Waals surface area contributed by atoms with Gasteiger partial charge in [-0.2, -0.15) is 0 Å². The molecule has 4 heteroatoms. The number of nitrogens with zero attached hydrogens (tertiary/aromatic N) is 1. The first kappa shape index (κ1) is 12.6. The number of ether oxygens (including phenoxy) is 1. The average Bonchev–Trinajstić information content (AvgIpc) is 2.40. The largest absolute Gasteiger partial charge is 0.507 e. The van der Waals surface area contributed by atoms with Gasteiger partial charge in [0.1, 0.15) is 17.2 Å². The predicted molar refractivity (Wildman–Crippen MR) is 76.1 cm³/mol. The van der Waals surface area contributed by atoms with Crippen LogP contribution in [0.4, 0.5) is 5.69 Å². The van der Waals surface area contributed by atoms with Gasteiger partial charge in [-0.15, -0.1) is 0 Å². The van der Waals surface area contributed by atoms with E-state index in [1.54, 1.807) is 31.5 Å². The van der Waals surface area contributed by atoms with Crippen LogP contribution in [0, 0.1) is 0 Å². The number of hydrogen-bond donors (Lipinski definition) is 1. The molecular formula is C14H12BrNO2. The van der Waals surface area contributed by atoms with Crippen molar-refractivity contribution >= 4 is 27.8 Å². The zero-order valence-corrected chi connectivity index (χ0v) is 11.4. The van der Waals surface area contributed by atoms with Gasteiger partial charge in [-0.05, 0) is 30.3 Å². The van der Waals surface area contributed by atoms with Crippen molar-refractivity contribution < 1.29 is 9.84 Å². The van der Waals surface area contributed by atoms with Gasteiger partial charge in [0.05, 0.1) is 7.11 Å². The van der Waals surface area contributed by atoms with Gasteiger partial charge in [-0.25, -0.2) is 0 Å². The summed E-state index contributed by atoms with van der Waals surface area (Å²) < 4.78 is 6.09. The van der Waals surface area contributed by atoms with Crippen LogP contribution in [0.25, 0.3) is 0 Å². The van der Waals surface area contributed by atoms with E-state index < -0.39 is 0 Å². The molecule has 18 heavy (non-hydrogen) atoms. The Kier molecular flexibility index (Phi) is 3.99. The van der Waals surface area contributed by atoms with Crippen LogP contribution in [0.5, 0.6) is 11.5 Å². The summed E-state index contributed by atoms with van der Waals surface area (Å²) in [6.45, 7) is 0. The molecule has 0 aromatic heterocycles. The third-order valence-electron chi connectivity index (χ3n) is 2.42. The fourth-order valence-electron chi connectivity index (χ4n) is 1.50. The van der Waals surface area contributed by atoms with Crippen molar-refractivity contribution in [3.8, 4) is 11.5 Å². The monoisotopic (exact) mass is 305 g/mol. The van der Waals surface area contributed by atoms with Crippen molar-refractivity contribution in [3.05, 3.63) is 52.5 Å². The Bertz CT molecular complexity index is 582. The molecule has 0 aliphatic carbocycles. The molecule has 2 aromatic carbocycles. The number of aliphatic imine (C=N–C) groups is 1. The zero-order chi connectivity index (χ0) is 13.0. The lowest BCUT2D eigenvalue weighted by Crippen LogP contribution is -1.85. The number of hydrogen-bond acceptors (Lipinski definition) is 3. The molecule has 2 aromatic rings. The highest BCUT2D eigenvalue weighted by Gasteiger charge is 2.01. The van der Waals surface area contributed by atoms with E-state index in [9.17, 15) is 5.11 Å². The molecule has 2 rings (SSSR count). The fourth-order valence-corrected chi connectivity index (χ4v) is 1.88. The molecule has 0 radical (unpaired) electrons. The molecule has 0 spiro atoms. The molecule has 0 atom stereocenters. The lowest BCUT2D eigenvalue weighted by Gasteiger charge is -2.03. The first-order valence-electron chi connectivity index (χ1n) is 5.36. The first-order valence-corrected chi connectivity index (χ1v) is 6.15. The van der Waals surface area contributed by atoms with Crippen LogP contribution in [0.3, 0.4) is 0 Å². The van der Waals surface area contributed by atoms with Crippen LogP contribution < -0.4 is 4.74 Å². The molecule has 92 valence electrons. The summed E-state index contributed by atoms with van der Waals surface area (Å²) in [6, 6.07) is 12.7. The van der Waals surface area contributed by atoms with Crippen LogP contribution in [-0.2, 0) is 0 Å². The number of phenols is 1. The van der Waals surface area contributed by atoms with E-state index in [0.29, 0.717) is 11.3 Å². The first-order chi connectivity index (χ1) is 8.70. The number of para-hydroxylation sites is 2. The zero-order valence-electron chi connectivity index (χ0n) is 9.80. The van der Waals surface area contributed by atoms with Crippen LogP contribution in [-0.4, -0.2) is 18.4 Å². The molecular weight excluding hydrogens is 294 g/mol. The second-order valence-electron chi connectivity index (χ2n) is 3.63. The maximum atomic E-state index is 9.70. The van der Waals surface area contributed by atoms with E-state index in [0.717, 1.165) is 10.2 Å². The third-order valence-corrected chi connectivity index (χ3v) is 2.91. The minimum atomic E-state index is 0.192. The highest BCUT2D eigenvalue weighted by atomic mass is 79.9. The number of rotatable bonds is 3. The second-order valence-corrected chi connectivity index (χ2v) is 4.55. The lowest BCUT2D eigenvalue weighted by molar-refractivity contribution is 0.416. The molecule has 0 saturated carbocycles. The Morgan fingerprint density at radius 2 is 2.00 bits per heavy atom. The normalized spacial score (nSPS) is 10.8. The summed E-state index contributed by atoms with van der Waals surface area (Å²) in [7, 11) is 1.60. The lowest BCUT2D eigenvalue weighted by atomic mass is 10.2. The molecule has 0 bridgehead atoms. The Labute approximate surface area is 114 Å². The number of halogens is 1. The summed E-state index contributed by atoms with van der Waals surface area (Å²) in [4.78, 5) is 4.32.